The van der Waals surface area contributed by atoms with E-state index in [1.54, 1.807) is 6.92 Å². The van der Waals surface area contributed by atoms with Gasteiger partial charge >= 0.3 is 0 Å². The van der Waals surface area contributed by atoms with Crippen molar-refractivity contribution >= 4 is 11.5 Å². The number of allylic oxidation sites excluding steroid dienone is 2. The zero-order valence-corrected chi connectivity index (χ0v) is 13.3. The highest BCUT2D eigenvalue weighted by Crippen LogP contribution is 2.30. The van der Waals surface area contributed by atoms with Crippen LogP contribution >= 0.6 is 0 Å². The Labute approximate surface area is 127 Å². The maximum Gasteiger partial charge on any atom is 0.178 e. The fraction of sp³-hybridized carbons (Fsp3) is 0.444. The van der Waals surface area contributed by atoms with Crippen molar-refractivity contribution in [1.29, 1.82) is 0 Å². The molecule has 2 N–H and O–H groups in total. The molecule has 1 aliphatic rings. The predicted octanol–water partition coefficient (Wildman–Crippen LogP) is 3.52. The Morgan fingerprint density at radius 2 is 1.81 bits per heavy atom. The molecule has 112 valence electrons. The zero-order valence-electron chi connectivity index (χ0n) is 13.3. The van der Waals surface area contributed by atoms with Crippen LogP contribution in [-0.4, -0.2) is 17.5 Å². The monoisotopic (exact) mass is 284 g/mol. The summed E-state index contributed by atoms with van der Waals surface area (Å²) in [5, 5.41) is 0. The molecular weight excluding hydrogens is 260 g/mol. The van der Waals surface area contributed by atoms with E-state index in [0.29, 0.717) is 17.5 Å². The summed E-state index contributed by atoms with van der Waals surface area (Å²) >= 11 is 0. The topological polar surface area (TPSA) is 55.5 Å². The highest BCUT2D eigenvalue weighted by Gasteiger charge is 2.27. The number of ketones is 1. The van der Waals surface area contributed by atoms with Crippen molar-refractivity contribution in [2.24, 2.45) is 10.7 Å². The molecule has 0 amide bonds. The summed E-state index contributed by atoms with van der Waals surface area (Å²) in [6, 6.07) is 8.67. The number of hydrogen-bond donors (Lipinski definition) is 1. The number of carbonyl (C=O) groups is 1. The van der Waals surface area contributed by atoms with Crippen molar-refractivity contribution in [2.75, 3.05) is 0 Å². The van der Waals surface area contributed by atoms with Crippen LogP contribution in [0.4, 0.5) is 0 Å². The molecule has 0 spiro atoms. The summed E-state index contributed by atoms with van der Waals surface area (Å²) in [6.45, 7) is 7.58. The average molecular weight is 284 g/mol. The van der Waals surface area contributed by atoms with E-state index in [1.807, 2.05) is 6.92 Å². The third-order valence-electron chi connectivity index (χ3n) is 3.88. The Bertz CT molecular complexity index is 588. The van der Waals surface area contributed by atoms with Crippen LogP contribution in [0, 0.1) is 6.92 Å². The second kappa shape index (κ2) is 6.25. The molecule has 1 unspecified atom stereocenters. The number of rotatable bonds is 5. The molecule has 2 rings (SSSR count). The van der Waals surface area contributed by atoms with Gasteiger partial charge in [-0.25, -0.2) is 0 Å². The average Bonchev–Trinajstić information content (AvgIpc) is 3.22. The summed E-state index contributed by atoms with van der Waals surface area (Å²) in [6.07, 6.45) is 2.15. The molecule has 0 bridgehead atoms. The lowest BCUT2D eigenvalue weighted by Crippen LogP contribution is -2.22. The molecule has 1 aliphatic carbocycles. The summed E-state index contributed by atoms with van der Waals surface area (Å²) < 4.78 is 0. The van der Waals surface area contributed by atoms with Gasteiger partial charge in [-0.05, 0) is 32.3 Å². The van der Waals surface area contributed by atoms with E-state index in [9.17, 15) is 4.79 Å². The van der Waals surface area contributed by atoms with E-state index in [0.717, 1.165) is 24.0 Å². The minimum absolute atomic E-state index is 0.000613. The lowest BCUT2D eigenvalue weighted by Gasteiger charge is -2.19. The Morgan fingerprint density at radius 1 is 1.24 bits per heavy atom. The molecule has 3 heteroatoms. The van der Waals surface area contributed by atoms with Crippen LogP contribution < -0.4 is 5.73 Å². The van der Waals surface area contributed by atoms with Gasteiger partial charge in [0.05, 0.1) is 6.04 Å². The van der Waals surface area contributed by atoms with Crippen LogP contribution in [0.2, 0.25) is 0 Å². The SMILES string of the molecule is CC(=O)C(=NC1CC1)C(=C(C)N)C(C)c1ccc(C)cc1. The number of nitrogens with two attached hydrogens (primary N) is 1. The molecule has 1 aromatic rings. The van der Waals surface area contributed by atoms with Gasteiger partial charge in [0.25, 0.3) is 0 Å². The van der Waals surface area contributed by atoms with Crippen molar-refractivity contribution in [2.45, 2.75) is 52.5 Å². The van der Waals surface area contributed by atoms with Crippen LogP contribution in [0.15, 0.2) is 40.5 Å². The number of nitrogens with zero attached hydrogens (tertiary/aromatic N) is 1. The Kier molecular flexibility index (Phi) is 4.61. The van der Waals surface area contributed by atoms with Crippen LogP contribution in [-0.2, 0) is 4.79 Å². The van der Waals surface area contributed by atoms with E-state index in [2.05, 4.69) is 43.1 Å². The van der Waals surface area contributed by atoms with Gasteiger partial charge in [-0.2, -0.15) is 0 Å². The Morgan fingerprint density at radius 3 is 2.24 bits per heavy atom. The zero-order chi connectivity index (χ0) is 15.6. The minimum atomic E-state index is 0.000613. The number of carbonyl (C=O) groups excluding carboxylic acids is 1. The first-order chi connectivity index (χ1) is 9.90. The van der Waals surface area contributed by atoms with Crippen LogP contribution in [0.5, 0.6) is 0 Å². The fourth-order valence-corrected chi connectivity index (χ4v) is 2.49. The molecule has 3 nitrogen and oxygen atoms in total. The molecule has 0 aliphatic heterocycles. The van der Waals surface area contributed by atoms with Crippen molar-refractivity contribution in [3.63, 3.8) is 0 Å². The van der Waals surface area contributed by atoms with Crippen molar-refractivity contribution in [3.05, 3.63) is 46.7 Å². The smallest absolute Gasteiger partial charge is 0.178 e. The third kappa shape index (κ3) is 3.81. The first-order valence-corrected chi connectivity index (χ1v) is 7.52. The Balaban J connectivity index is 2.40. The molecule has 1 aromatic carbocycles. The summed E-state index contributed by atoms with van der Waals surface area (Å²) in [4.78, 5) is 16.6. The van der Waals surface area contributed by atoms with Gasteiger partial charge in [0, 0.05) is 24.1 Å². The molecule has 1 fully saturated rings. The van der Waals surface area contributed by atoms with Gasteiger partial charge in [0.1, 0.15) is 5.71 Å². The predicted molar refractivity (Wildman–Crippen MR) is 87.6 cm³/mol. The summed E-state index contributed by atoms with van der Waals surface area (Å²) in [5.41, 5.74) is 10.6. The summed E-state index contributed by atoms with van der Waals surface area (Å²) in [7, 11) is 0. The standard InChI is InChI=1S/C18H24N2O/c1-11-5-7-15(8-6-11)12(2)17(13(3)19)18(14(4)21)20-16-9-10-16/h5-8,12,16H,9-10,19H2,1-4H3. The number of benzene rings is 1. The van der Waals surface area contributed by atoms with Gasteiger partial charge in [0.2, 0.25) is 0 Å². The van der Waals surface area contributed by atoms with Crippen molar-refractivity contribution < 1.29 is 4.79 Å². The molecule has 0 saturated heterocycles. The molecule has 21 heavy (non-hydrogen) atoms. The second-order valence-electron chi connectivity index (χ2n) is 5.99. The number of hydrogen-bond acceptors (Lipinski definition) is 3. The van der Waals surface area contributed by atoms with Gasteiger partial charge in [-0.3, -0.25) is 9.79 Å². The van der Waals surface area contributed by atoms with Gasteiger partial charge < -0.3 is 5.73 Å². The van der Waals surface area contributed by atoms with Gasteiger partial charge in [-0.1, -0.05) is 36.8 Å². The van der Waals surface area contributed by atoms with E-state index in [4.69, 9.17) is 5.73 Å². The number of aryl methyl sites for hydroxylation is 1. The van der Waals surface area contributed by atoms with Crippen LogP contribution in [0.3, 0.4) is 0 Å². The molecule has 1 saturated carbocycles. The molecule has 0 heterocycles. The highest BCUT2D eigenvalue weighted by atomic mass is 16.1. The van der Waals surface area contributed by atoms with Crippen LogP contribution in [0.25, 0.3) is 0 Å². The fourth-order valence-electron chi connectivity index (χ4n) is 2.49. The molecule has 0 aromatic heterocycles. The normalized spacial score (nSPS) is 18.2. The number of Topliss-reactive ketones (excluding diaryl/α,β-unsaturated/α-hetero) is 1. The van der Waals surface area contributed by atoms with Gasteiger partial charge in [0.15, 0.2) is 5.78 Å². The lowest BCUT2D eigenvalue weighted by molar-refractivity contribution is -0.111. The molecular formula is C18H24N2O. The highest BCUT2D eigenvalue weighted by molar-refractivity contribution is 6.45. The van der Waals surface area contributed by atoms with Crippen LogP contribution in [0.1, 0.15) is 50.7 Å². The first kappa shape index (κ1) is 15.5. The van der Waals surface area contributed by atoms with E-state index >= 15 is 0 Å². The largest absolute Gasteiger partial charge is 0.402 e. The Hall–Kier alpha value is -1.90. The maximum absolute atomic E-state index is 12.0. The third-order valence-corrected chi connectivity index (χ3v) is 3.88. The van der Waals surface area contributed by atoms with Crippen molar-refractivity contribution in [3.8, 4) is 0 Å². The lowest BCUT2D eigenvalue weighted by atomic mass is 9.87. The van der Waals surface area contributed by atoms with Gasteiger partial charge in [-0.15, -0.1) is 0 Å². The maximum atomic E-state index is 12.0. The summed E-state index contributed by atoms with van der Waals surface area (Å²) in [5.74, 6) is 0.0673. The van der Waals surface area contributed by atoms with E-state index < -0.39 is 0 Å². The molecule has 0 radical (unpaired) electrons. The molecule has 1 atom stereocenters. The number of aliphatic imine (C=N–C) groups is 1. The minimum Gasteiger partial charge on any atom is -0.402 e. The van der Waals surface area contributed by atoms with E-state index in [-0.39, 0.29) is 11.7 Å². The first-order valence-electron chi connectivity index (χ1n) is 7.52. The second-order valence-corrected chi connectivity index (χ2v) is 5.99. The van der Waals surface area contributed by atoms with Crippen molar-refractivity contribution in [1.82, 2.24) is 0 Å². The quantitative estimate of drug-likeness (QED) is 0.841. The van der Waals surface area contributed by atoms with E-state index in [1.165, 1.54) is 5.56 Å².